The number of esters is 1. The lowest BCUT2D eigenvalue weighted by Crippen LogP contribution is -2.57. The highest BCUT2D eigenvalue weighted by Crippen LogP contribution is 2.20. The summed E-state index contributed by atoms with van der Waals surface area (Å²) in [6.07, 6.45) is -11.8. The van der Waals surface area contributed by atoms with Gasteiger partial charge in [-0.3, -0.25) is 23.6 Å². The maximum Gasteiger partial charge on any atom is 0.490 e. The van der Waals surface area contributed by atoms with Crippen LogP contribution in [0, 0.1) is 5.92 Å². The van der Waals surface area contributed by atoms with Gasteiger partial charge in [0.2, 0.25) is 17.7 Å². The van der Waals surface area contributed by atoms with Crippen LogP contribution in [-0.4, -0.2) is 125 Å². The van der Waals surface area contributed by atoms with E-state index in [9.17, 15) is 63.1 Å². The summed E-state index contributed by atoms with van der Waals surface area (Å²) in [4.78, 5) is 79.4. The van der Waals surface area contributed by atoms with Gasteiger partial charge in [0.05, 0.1) is 25.7 Å². The van der Waals surface area contributed by atoms with Crippen LogP contribution in [0.25, 0.3) is 0 Å². The minimum absolute atomic E-state index is 0.0842. The Morgan fingerprint density at radius 3 is 1.55 bits per heavy atom. The zero-order valence-corrected chi connectivity index (χ0v) is 30.9. The SMILES string of the molecule is CCCCC(NC(=O)[C@@H](CCCF)NC(=O)[C@H](N)Cc1ccccc1)C(=O)N1CCC(C(=O)OC)CC1.O=C(O)C(F)(F)F.O=C(O)C(F)(F)F.O=C(O)C(F)(F)F. The highest BCUT2D eigenvalue weighted by molar-refractivity contribution is 5.93. The molecule has 1 saturated heterocycles. The van der Waals surface area contributed by atoms with Gasteiger partial charge in [-0.2, -0.15) is 39.5 Å². The molecule has 25 heteroatoms. The number of rotatable bonds is 14. The average Bonchev–Trinajstić information content (AvgIpc) is 3.14. The second-order valence-corrected chi connectivity index (χ2v) is 11.9. The quantitative estimate of drug-likeness (QED) is 0.116. The van der Waals surface area contributed by atoms with E-state index in [0.717, 1.165) is 18.4 Å². The van der Waals surface area contributed by atoms with Gasteiger partial charge in [-0.25, -0.2) is 14.4 Å². The Kier molecular flexibility index (Phi) is 25.2. The number of ether oxygens (including phenoxy) is 1. The number of carbonyl (C=O) groups excluding carboxylic acids is 4. The molecule has 1 unspecified atom stereocenters. The van der Waals surface area contributed by atoms with Crippen molar-refractivity contribution in [2.24, 2.45) is 11.7 Å². The largest absolute Gasteiger partial charge is 0.490 e. The van der Waals surface area contributed by atoms with Crippen molar-refractivity contribution in [2.45, 2.75) is 94.9 Å². The number of nitrogens with two attached hydrogens (primary N) is 1. The fraction of sp³-hybridized carbons (Fsp3) is 0.606. The number of likely N-dealkylation sites (tertiary alicyclic amines) is 1. The molecule has 1 fully saturated rings. The number of carboxylic acid groups (broad SMARTS) is 3. The lowest BCUT2D eigenvalue weighted by Gasteiger charge is -2.34. The van der Waals surface area contributed by atoms with Gasteiger partial charge in [0.15, 0.2) is 0 Å². The third-order valence-corrected chi connectivity index (χ3v) is 7.42. The molecule has 1 aromatic carbocycles. The molecule has 2 rings (SSSR count). The highest BCUT2D eigenvalue weighted by Gasteiger charge is 2.39. The van der Waals surface area contributed by atoms with E-state index in [2.05, 4.69) is 10.6 Å². The van der Waals surface area contributed by atoms with Crippen molar-refractivity contribution in [3.8, 4) is 0 Å². The lowest BCUT2D eigenvalue weighted by atomic mass is 9.96. The van der Waals surface area contributed by atoms with Crippen LogP contribution in [0.2, 0.25) is 0 Å². The number of benzene rings is 1. The van der Waals surface area contributed by atoms with E-state index in [1.165, 1.54) is 7.11 Å². The van der Waals surface area contributed by atoms with Crippen LogP contribution in [0.3, 0.4) is 0 Å². The second-order valence-electron chi connectivity index (χ2n) is 11.9. The number of alkyl halides is 10. The van der Waals surface area contributed by atoms with Crippen molar-refractivity contribution in [1.82, 2.24) is 15.5 Å². The topological polar surface area (TPSA) is 243 Å². The molecule has 0 spiro atoms. The number of nitrogens with one attached hydrogen (secondary N) is 2. The number of methoxy groups -OCH3 is 1. The van der Waals surface area contributed by atoms with Gasteiger partial charge in [-0.1, -0.05) is 50.1 Å². The second kappa shape index (κ2) is 26.6. The molecular formula is C33H44F10N4O11. The Morgan fingerprint density at radius 1 is 0.759 bits per heavy atom. The Morgan fingerprint density at radius 2 is 1.17 bits per heavy atom. The number of halogens is 10. The molecule has 7 N–H and O–H groups in total. The number of carbonyl (C=O) groups is 7. The van der Waals surface area contributed by atoms with Crippen LogP contribution in [0.15, 0.2) is 30.3 Å². The minimum Gasteiger partial charge on any atom is -0.475 e. The van der Waals surface area contributed by atoms with Crippen molar-refractivity contribution >= 4 is 41.6 Å². The smallest absolute Gasteiger partial charge is 0.475 e. The summed E-state index contributed by atoms with van der Waals surface area (Å²) in [5, 5.41) is 26.8. The number of aliphatic carboxylic acids is 3. The maximum absolute atomic E-state index is 13.3. The van der Waals surface area contributed by atoms with Crippen LogP contribution >= 0.6 is 0 Å². The van der Waals surface area contributed by atoms with Crippen molar-refractivity contribution in [2.75, 3.05) is 26.9 Å². The van der Waals surface area contributed by atoms with Gasteiger partial charge >= 0.3 is 42.4 Å². The van der Waals surface area contributed by atoms with E-state index in [-0.39, 0.29) is 30.6 Å². The molecule has 332 valence electrons. The maximum atomic E-state index is 13.3. The molecular weight excluding hydrogens is 818 g/mol. The number of unbranched alkanes of at least 4 members (excludes halogenated alkanes) is 1. The lowest BCUT2D eigenvalue weighted by molar-refractivity contribution is -0.193. The standard InChI is InChI=1S/C27H41FN4O5.3C2HF3O2/c1-3-4-11-23(26(35)32-16-13-20(14-17-32)27(36)37-2)31-25(34)22(12-8-15-28)30-24(33)21(29)18-19-9-6-5-7-10-19;3*3-2(4,5)1(6)7/h5-7,9-10,20-23H,3-4,8,11-18,29H2,1-2H3,(H,30,33)(H,31,34);3*(H,6,7)/t21-,22-,23?;;;/m1.../s1. The number of carboxylic acids is 3. The van der Waals surface area contributed by atoms with Gasteiger partial charge in [-0.15, -0.1) is 0 Å². The number of piperidine rings is 1. The van der Waals surface area contributed by atoms with Crippen molar-refractivity contribution in [3.63, 3.8) is 0 Å². The number of amides is 3. The molecule has 1 heterocycles. The zero-order chi connectivity index (χ0) is 45.4. The molecule has 58 heavy (non-hydrogen) atoms. The summed E-state index contributed by atoms with van der Waals surface area (Å²) in [7, 11) is 1.35. The fourth-order valence-corrected chi connectivity index (χ4v) is 4.45. The summed E-state index contributed by atoms with van der Waals surface area (Å²) < 4.78 is 113. The highest BCUT2D eigenvalue weighted by atomic mass is 19.4. The average molecular weight is 863 g/mol. The number of hydrogen-bond donors (Lipinski definition) is 6. The predicted molar refractivity (Wildman–Crippen MR) is 179 cm³/mol. The van der Waals surface area contributed by atoms with E-state index in [1.807, 2.05) is 37.3 Å². The van der Waals surface area contributed by atoms with Crippen LogP contribution < -0.4 is 16.4 Å². The summed E-state index contributed by atoms with van der Waals surface area (Å²) in [5.41, 5.74) is 6.96. The molecule has 0 aromatic heterocycles. The summed E-state index contributed by atoms with van der Waals surface area (Å²) >= 11 is 0. The van der Waals surface area contributed by atoms with Crippen molar-refractivity contribution in [1.29, 1.82) is 0 Å². The first kappa shape index (κ1) is 54.9. The first-order chi connectivity index (χ1) is 26.6. The third-order valence-electron chi connectivity index (χ3n) is 7.42. The van der Waals surface area contributed by atoms with Crippen molar-refractivity contribution < 1.29 is 97.5 Å². The molecule has 1 aliphatic rings. The normalized spacial score (nSPS) is 14.5. The van der Waals surface area contributed by atoms with Gasteiger partial charge < -0.3 is 41.3 Å². The Bertz CT molecular complexity index is 1400. The van der Waals surface area contributed by atoms with Gasteiger partial charge in [0.1, 0.15) is 12.1 Å². The van der Waals surface area contributed by atoms with Crippen LogP contribution in [0.4, 0.5) is 43.9 Å². The molecule has 1 aliphatic heterocycles. The summed E-state index contributed by atoms with van der Waals surface area (Å²) in [5.74, 6) is -10.1. The minimum atomic E-state index is -5.08. The van der Waals surface area contributed by atoms with E-state index < -0.39 is 73.1 Å². The van der Waals surface area contributed by atoms with E-state index in [1.54, 1.807) is 4.90 Å². The van der Waals surface area contributed by atoms with Crippen LogP contribution in [0.1, 0.15) is 57.4 Å². The fourth-order valence-electron chi connectivity index (χ4n) is 4.45. The van der Waals surface area contributed by atoms with Gasteiger partial charge in [-0.05, 0) is 44.1 Å². The Labute approximate surface area is 324 Å². The Balaban J connectivity index is 0. The number of hydrogen-bond acceptors (Lipinski definition) is 9. The first-order valence-electron chi connectivity index (χ1n) is 16.9. The van der Waals surface area contributed by atoms with E-state index >= 15 is 0 Å². The summed E-state index contributed by atoms with van der Waals surface area (Å²) in [6, 6.07) is 6.63. The van der Waals surface area contributed by atoms with Crippen molar-refractivity contribution in [3.05, 3.63) is 35.9 Å². The van der Waals surface area contributed by atoms with E-state index in [0.29, 0.717) is 38.8 Å². The molecule has 0 saturated carbocycles. The Hall–Kier alpha value is -5.23. The molecule has 3 atom stereocenters. The number of nitrogens with zero attached hydrogens (tertiary/aromatic N) is 1. The molecule has 0 aliphatic carbocycles. The van der Waals surface area contributed by atoms with Crippen LogP contribution in [-0.2, 0) is 44.7 Å². The molecule has 1 aromatic rings. The van der Waals surface area contributed by atoms with E-state index in [4.69, 9.17) is 40.2 Å². The van der Waals surface area contributed by atoms with Gasteiger partial charge in [0.25, 0.3) is 0 Å². The predicted octanol–water partition coefficient (Wildman–Crippen LogP) is 3.78. The molecule has 0 bridgehead atoms. The molecule has 15 nitrogen and oxygen atoms in total. The molecule has 0 radical (unpaired) electrons. The van der Waals surface area contributed by atoms with Crippen LogP contribution in [0.5, 0.6) is 0 Å². The monoisotopic (exact) mass is 862 g/mol. The molecule has 3 amide bonds. The summed E-state index contributed by atoms with van der Waals surface area (Å²) in [6.45, 7) is 2.15. The zero-order valence-electron chi connectivity index (χ0n) is 30.9. The van der Waals surface area contributed by atoms with Gasteiger partial charge in [0, 0.05) is 13.1 Å². The third kappa shape index (κ3) is 23.7. The first-order valence-corrected chi connectivity index (χ1v) is 16.9.